The van der Waals surface area contributed by atoms with Gasteiger partial charge in [0, 0.05) is 48.9 Å². The lowest BCUT2D eigenvalue weighted by molar-refractivity contribution is 0.0599. The number of piperidine rings is 1. The molecule has 1 fully saturated rings. The van der Waals surface area contributed by atoms with Crippen LogP contribution in [0.2, 0.25) is 0 Å². The number of pyridine rings is 1. The van der Waals surface area contributed by atoms with Gasteiger partial charge in [0.2, 0.25) is 0 Å². The van der Waals surface area contributed by atoms with Crippen LogP contribution in [0.1, 0.15) is 32.7 Å². The van der Waals surface area contributed by atoms with Crippen LogP contribution >= 0.6 is 11.3 Å². The first-order valence-electron chi connectivity index (χ1n) is 9.52. The number of hydrogen-bond acceptors (Lipinski definition) is 7. The highest BCUT2D eigenvalue weighted by atomic mass is 32.1. The number of nitrogens with two attached hydrogens (primary N) is 1. The molecule has 29 heavy (non-hydrogen) atoms. The second-order valence-corrected chi connectivity index (χ2v) is 8.93. The van der Waals surface area contributed by atoms with Crippen LogP contribution < -0.4 is 11.3 Å². The predicted molar refractivity (Wildman–Crippen MR) is 110 cm³/mol. The van der Waals surface area contributed by atoms with Gasteiger partial charge in [-0.25, -0.2) is 15.0 Å². The zero-order valence-corrected chi connectivity index (χ0v) is 16.7. The number of carbonyl (C=O) groups excluding carboxylic acids is 1. The predicted octanol–water partition coefficient (Wildman–Crippen LogP) is 1.91. The molecule has 0 saturated carbocycles. The van der Waals surface area contributed by atoms with Crippen LogP contribution in [0.5, 0.6) is 0 Å². The second kappa shape index (κ2) is 6.77. The minimum atomic E-state index is -0.0396. The summed E-state index contributed by atoms with van der Waals surface area (Å²) >= 11 is 1.42. The molecule has 9 heteroatoms. The maximum atomic E-state index is 12.9. The fraction of sp³-hybridized carbons (Fsp3) is 0.350. The zero-order valence-electron chi connectivity index (χ0n) is 15.9. The molecule has 5 rings (SSSR count). The second-order valence-electron chi connectivity index (χ2n) is 7.70. The lowest BCUT2D eigenvalue weighted by atomic mass is 9.82. The Labute approximate surface area is 171 Å². The standard InChI is InChI=1S/C20H20N6O2S/c1-11-22-6-17(29-11)20(28)25-7-12-2-14(9-25)16-3-13(4-19(27)26(16)8-12)15-5-18(21)24-10-23-15/h3-6,10,12,14H,2,7-9H2,1H3,(H2,21,23,24)/t12-,14+/m0/s1. The Balaban J connectivity index is 1.50. The first kappa shape index (κ1) is 18.0. The van der Waals surface area contributed by atoms with E-state index in [0.29, 0.717) is 36.0 Å². The summed E-state index contributed by atoms with van der Waals surface area (Å²) in [4.78, 5) is 40.7. The van der Waals surface area contributed by atoms with Crippen molar-refractivity contribution in [1.82, 2.24) is 24.4 Å². The van der Waals surface area contributed by atoms with Gasteiger partial charge in [-0.05, 0) is 25.3 Å². The van der Waals surface area contributed by atoms with Crippen molar-refractivity contribution >= 4 is 23.1 Å². The van der Waals surface area contributed by atoms with E-state index in [-0.39, 0.29) is 23.3 Å². The number of anilines is 1. The van der Waals surface area contributed by atoms with Gasteiger partial charge in [-0.2, -0.15) is 0 Å². The molecule has 3 aromatic rings. The van der Waals surface area contributed by atoms with Crippen LogP contribution in [-0.4, -0.2) is 43.4 Å². The third kappa shape index (κ3) is 3.21. The lowest BCUT2D eigenvalue weighted by Gasteiger charge is -2.42. The zero-order chi connectivity index (χ0) is 20.1. The summed E-state index contributed by atoms with van der Waals surface area (Å²) < 4.78 is 1.85. The van der Waals surface area contributed by atoms with Crippen molar-refractivity contribution in [1.29, 1.82) is 0 Å². The largest absolute Gasteiger partial charge is 0.384 e. The average Bonchev–Trinajstić information content (AvgIpc) is 3.14. The highest BCUT2D eigenvalue weighted by Crippen LogP contribution is 2.37. The van der Waals surface area contributed by atoms with E-state index < -0.39 is 0 Å². The number of fused-ring (bicyclic) bond motifs is 4. The number of hydrogen-bond donors (Lipinski definition) is 1. The summed E-state index contributed by atoms with van der Waals surface area (Å²) in [6.07, 6.45) is 4.03. The molecule has 0 unspecified atom stereocenters. The van der Waals surface area contributed by atoms with Gasteiger partial charge in [-0.1, -0.05) is 0 Å². The number of thiazole rings is 1. The monoisotopic (exact) mass is 408 g/mol. The maximum Gasteiger partial charge on any atom is 0.265 e. The summed E-state index contributed by atoms with van der Waals surface area (Å²) in [6, 6.07) is 5.28. The van der Waals surface area contributed by atoms with E-state index in [1.165, 1.54) is 17.7 Å². The molecule has 2 bridgehead atoms. The SMILES string of the molecule is Cc1ncc(C(=O)N2C[C@@H]3C[C@H](C2)c2cc(-c4cc(N)ncn4)cc(=O)n2C3)s1. The van der Waals surface area contributed by atoms with Gasteiger partial charge in [0.05, 0.1) is 16.9 Å². The van der Waals surface area contributed by atoms with Crippen molar-refractivity contribution in [2.75, 3.05) is 18.8 Å². The van der Waals surface area contributed by atoms with Crippen molar-refractivity contribution in [3.63, 3.8) is 0 Å². The van der Waals surface area contributed by atoms with Crippen LogP contribution in [-0.2, 0) is 6.54 Å². The van der Waals surface area contributed by atoms with E-state index >= 15 is 0 Å². The maximum absolute atomic E-state index is 12.9. The normalized spacial score (nSPS) is 20.4. The molecular formula is C20H20N6O2S. The van der Waals surface area contributed by atoms with Crippen molar-refractivity contribution < 1.29 is 4.79 Å². The molecule has 0 radical (unpaired) electrons. The highest BCUT2D eigenvalue weighted by Gasteiger charge is 2.37. The Hall–Kier alpha value is -3.07. The highest BCUT2D eigenvalue weighted by molar-refractivity contribution is 7.13. The van der Waals surface area contributed by atoms with Crippen LogP contribution in [0.25, 0.3) is 11.3 Å². The van der Waals surface area contributed by atoms with Crippen molar-refractivity contribution in [2.45, 2.75) is 25.8 Å². The summed E-state index contributed by atoms with van der Waals surface area (Å²) in [5.74, 6) is 0.785. The van der Waals surface area contributed by atoms with Crippen LogP contribution in [0, 0.1) is 12.8 Å². The molecule has 3 aromatic heterocycles. The van der Waals surface area contributed by atoms with E-state index in [2.05, 4.69) is 15.0 Å². The molecule has 0 aromatic carbocycles. The lowest BCUT2D eigenvalue weighted by Crippen LogP contribution is -2.49. The third-order valence-corrected chi connectivity index (χ3v) is 6.56. The Kier molecular flexibility index (Phi) is 4.20. The molecule has 0 spiro atoms. The van der Waals surface area contributed by atoms with Crippen LogP contribution in [0.4, 0.5) is 5.82 Å². The Morgan fingerprint density at radius 1 is 1.17 bits per heavy atom. The van der Waals surface area contributed by atoms with Crippen molar-refractivity contribution in [3.05, 3.63) is 56.7 Å². The topological polar surface area (TPSA) is 107 Å². The van der Waals surface area contributed by atoms with E-state index in [1.54, 1.807) is 18.3 Å². The van der Waals surface area contributed by atoms with Gasteiger partial charge in [-0.15, -0.1) is 11.3 Å². The van der Waals surface area contributed by atoms with E-state index in [1.807, 2.05) is 22.5 Å². The summed E-state index contributed by atoms with van der Waals surface area (Å²) in [5.41, 5.74) is 8.06. The minimum Gasteiger partial charge on any atom is -0.384 e. The number of rotatable bonds is 2. The first-order chi connectivity index (χ1) is 14.0. The van der Waals surface area contributed by atoms with Gasteiger partial charge in [0.15, 0.2) is 0 Å². The van der Waals surface area contributed by atoms with Gasteiger partial charge in [0.1, 0.15) is 17.0 Å². The molecule has 0 aliphatic carbocycles. The fourth-order valence-electron chi connectivity index (χ4n) is 4.42. The van der Waals surface area contributed by atoms with Gasteiger partial charge in [-0.3, -0.25) is 9.59 Å². The molecular weight excluding hydrogens is 388 g/mol. The van der Waals surface area contributed by atoms with E-state index in [9.17, 15) is 9.59 Å². The molecule has 1 saturated heterocycles. The number of aromatic nitrogens is 4. The Morgan fingerprint density at radius 3 is 2.79 bits per heavy atom. The molecule has 2 N–H and O–H groups in total. The van der Waals surface area contributed by atoms with Crippen LogP contribution in [0.3, 0.4) is 0 Å². The molecule has 5 heterocycles. The third-order valence-electron chi connectivity index (χ3n) is 5.66. The Morgan fingerprint density at radius 2 is 2.03 bits per heavy atom. The van der Waals surface area contributed by atoms with Gasteiger partial charge in [0.25, 0.3) is 11.5 Å². The van der Waals surface area contributed by atoms with Crippen molar-refractivity contribution in [2.24, 2.45) is 5.92 Å². The number of nitrogens with zero attached hydrogens (tertiary/aromatic N) is 5. The summed E-state index contributed by atoms with van der Waals surface area (Å²) in [6.45, 7) is 3.79. The number of likely N-dealkylation sites (tertiary alicyclic amines) is 1. The summed E-state index contributed by atoms with van der Waals surface area (Å²) in [5, 5.41) is 0.885. The van der Waals surface area contributed by atoms with Gasteiger partial charge < -0.3 is 15.2 Å². The van der Waals surface area contributed by atoms with Crippen molar-refractivity contribution in [3.8, 4) is 11.3 Å². The van der Waals surface area contributed by atoms with Gasteiger partial charge >= 0.3 is 0 Å². The number of carbonyl (C=O) groups is 1. The quantitative estimate of drug-likeness (QED) is 0.694. The van der Waals surface area contributed by atoms with Crippen LogP contribution in [0.15, 0.2) is 35.5 Å². The number of nitrogen functional groups attached to an aromatic ring is 1. The summed E-state index contributed by atoms with van der Waals surface area (Å²) in [7, 11) is 0. The van der Waals surface area contributed by atoms with E-state index in [0.717, 1.165) is 22.7 Å². The fourth-order valence-corrected chi connectivity index (χ4v) is 5.16. The number of aryl methyl sites for hydroxylation is 1. The molecule has 148 valence electrons. The first-order valence-corrected chi connectivity index (χ1v) is 10.3. The molecule has 1 amide bonds. The number of amides is 1. The smallest absolute Gasteiger partial charge is 0.265 e. The average molecular weight is 408 g/mol. The Bertz CT molecular complexity index is 1170. The molecule has 2 aliphatic heterocycles. The molecule has 2 atom stereocenters. The minimum absolute atomic E-state index is 0.0285. The van der Waals surface area contributed by atoms with E-state index in [4.69, 9.17) is 5.73 Å². The molecule has 2 aliphatic rings. The molecule has 8 nitrogen and oxygen atoms in total.